The number of rotatable bonds is 6. The number of benzene rings is 2. The number of hydrogen-bond acceptors (Lipinski definition) is 5. The van der Waals surface area contributed by atoms with Crippen molar-refractivity contribution in [2.75, 3.05) is 30.8 Å². The van der Waals surface area contributed by atoms with E-state index in [0.29, 0.717) is 25.1 Å². The zero-order valence-corrected chi connectivity index (χ0v) is 19.2. The molecule has 0 atom stereocenters. The van der Waals surface area contributed by atoms with Crippen molar-refractivity contribution >= 4 is 21.6 Å². The molecule has 7 nitrogen and oxygen atoms in total. The van der Waals surface area contributed by atoms with Gasteiger partial charge >= 0.3 is 12.6 Å². The second kappa shape index (κ2) is 9.64. The van der Waals surface area contributed by atoms with E-state index >= 15 is 0 Å². The molecule has 4 rings (SSSR count). The standard InChI is InChI=1S/C23H27F2N3O4S/c1-33(30,31)19-6-7-20-16(14-19)8-13-28(20)23(29)26-18-9-11-27(12-10-18)15-17-4-2-3-5-21(17)32-22(24)25/h2-7,14,18,22H,8-13,15H2,1H3,(H,26,29). The number of carbonyl (C=O) groups is 1. The molecule has 1 saturated heterocycles. The highest BCUT2D eigenvalue weighted by atomic mass is 32.2. The molecule has 0 unspecified atom stereocenters. The Balaban J connectivity index is 1.31. The molecule has 2 heterocycles. The topological polar surface area (TPSA) is 79.0 Å². The first-order valence-electron chi connectivity index (χ1n) is 10.9. The minimum Gasteiger partial charge on any atom is -0.434 e. The van der Waals surface area contributed by atoms with Crippen LogP contribution in [-0.2, 0) is 22.8 Å². The Morgan fingerprint density at radius 2 is 1.88 bits per heavy atom. The van der Waals surface area contributed by atoms with E-state index in [1.165, 1.54) is 12.3 Å². The fourth-order valence-electron chi connectivity index (χ4n) is 4.39. The minimum atomic E-state index is -3.29. The summed E-state index contributed by atoms with van der Waals surface area (Å²) in [5.41, 5.74) is 2.31. The number of hydrogen-bond donors (Lipinski definition) is 1. The molecule has 0 aromatic heterocycles. The highest BCUT2D eigenvalue weighted by molar-refractivity contribution is 7.90. The first-order valence-corrected chi connectivity index (χ1v) is 12.8. The van der Waals surface area contributed by atoms with Crippen LogP contribution in [0.15, 0.2) is 47.4 Å². The van der Waals surface area contributed by atoms with Gasteiger partial charge < -0.3 is 10.1 Å². The number of nitrogens with one attached hydrogen (secondary N) is 1. The van der Waals surface area contributed by atoms with Gasteiger partial charge in [-0.3, -0.25) is 9.80 Å². The molecule has 178 valence electrons. The fraction of sp³-hybridized carbons (Fsp3) is 0.435. The molecule has 1 N–H and O–H groups in total. The Kier molecular flexibility index (Phi) is 6.85. The Hall–Kier alpha value is -2.72. The van der Waals surface area contributed by atoms with Crippen molar-refractivity contribution in [2.45, 2.75) is 43.4 Å². The normalized spacial score (nSPS) is 17.3. The van der Waals surface area contributed by atoms with E-state index in [9.17, 15) is 22.0 Å². The van der Waals surface area contributed by atoms with Crippen LogP contribution in [0.5, 0.6) is 5.75 Å². The maximum Gasteiger partial charge on any atom is 0.387 e. The third-order valence-electron chi connectivity index (χ3n) is 6.12. The van der Waals surface area contributed by atoms with Crippen molar-refractivity contribution < 1.29 is 26.7 Å². The second-order valence-corrected chi connectivity index (χ2v) is 10.5. The van der Waals surface area contributed by atoms with Crippen LogP contribution in [0, 0.1) is 0 Å². The van der Waals surface area contributed by atoms with Crippen LogP contribution in [0.25, 0.3) is 0 Å². The van der Waals surface area contributed by atoms with Gasteiger partial charge in [-0.25, -0.2) is 13.2 Å². The quantitative estimate of drug-likeness (QED) is 0.687. The monoisotopic (exact) mass is 479 g/mol. The molecule has 0 radical (unpaired) electrons. The second-order valence-electron chi connectivity index (χ2n) is 8.45. The Labute approximate surface area is 192 Å². The summed E-state index contributed by atoms with van der Waals surface area (Å²) >= 11 is 0. The highest BCUT2D eigenvalue weighted by Gasteiger charge is 2.29. The minimum absolute atomic E-state index is 0.0145. The Morgan fingerprint density at radius 1 is 1.15 bits per heavy atom. The van der Waals surface area contributed by atoms with Crippen LogP contribution >= 0.6 is 0 Å². The lowest BCUT2D eigenvalue weighted by Gasteiger charge is -2.33. The first-order chi connectivity index (χ1) is 15.7. The molecular weight excluding hydrogens is 452 g/mol. The van der Waals surface area contributed by atoms with Crippen molar-refractivity contribution in [3.63, 3.8) is 0 Å². The van der Waals surface area contributed by atoms with E-state index in [1.807, 2.05) is 0 Å². The average molecular weight is 480 g/mol. The number of likely N-dealkylation sites (tertiary alicyclic amines) is 1. The third kappa shape index (κ3) is 5.62. The number of urea groups is 1. The summed E-state index contributed by atoms with van der Waals surface area (Å²) in [5, 5.41) is 3.09. The van der Waals surface area contributed by atoms with E-state index < -0.39 is 16.4 Å². The first kappa shape index (κ1) is 23.4. The number of alkyl halides is 2. The van der Waals surface area contributed by atoms with E-state index in [-0.39, 0.29) is 22.7 Å². The van der Waals surface area contributed by atoms with Crippen LogP contribution in [0.4, 0.5) is 19.3 Å². The van der Waals surface area contributed by atoms with Gasteiger partial charge in [0.2, 0.25) is 0 Å². The van der Waals surface area contributed by atoms with Crippen molar-refractivity contribution in [3.8, 4) is 5.75 Å². The van der Waals surface area contributed by atoms with Crippen molar-refractivity contribution in [1.29, 1.82) is 0 Å². The number of amides is 2. The third-order valence-corrected chi connectivity index (χ3v) is 7.23. The van der Waals surface area contributed by atoms with Crippen molar-refractivity contribution in [1.82, 2.24) is 10.2 Å². The number of ether oxygens (including phenoxy) is 1. The van der Waals surface area contributed by atoms with Gasteiger partial charge in [0.05, 0.1) is 4.90 Å². The summed E-state index contributed by atoms with van der Waals surface area (Å²) < 4.78 is 53.5. The largest absolute Gasteiger partial charge is 0.434 e. The summed E-state index contributed by atoms with van der Waals surface area (Å²) in [4.78, 5) is 17.0. The van der Waals surface area contributed by atoms with Crippen LogP contribution in [0.1, 0.15) is 24.0 Å². The molecule has 0 bridgehead atoms. The van der Waals surface area contributed by atoms with Gasteiger partial charge in [-0.1, -0.05) is 18.2 Å². The number of nitrogens with zero attached hydrogens (tertiary/aromatic N) is 2. The molecule has 2 aromatic rings. The van der Waals surface area contributed by atoms with Crippen molar-refractivity contribution in [3.05, 3.63) is 53.6 Å². The zero-order valence-electron chi connectivity index (χ0n) is 18.3. The van der Waals surface area contributed by atoms with Gasteiger partial charge in [-0.15, -0.1) is 0 Å². The number of piperidine rings is 1. The highest BCUT2D eigenvalue weighted by Crippen LogP contribution is 2.30. The molecule has 0 aliphatic carbocycles. The zero-order chi connectivity index (χ0) is 23.6. The molecule has 1 fully saturated rings. The lowest BCUT2D eigenvalue weighted by molar-refractivity contribution is -0.0508. The number of fused-ring (bicyclic) bond motifs is 1. The van der Waals surface area contributed by atoms with E-state index in [4.69, 9.17) is 0 Å². The molecular formula is C23H27F2N3O4S. The van der Waals surface area contributed by atoms with Gasteiger partial charge in [0.15, 0.2) is 9.84 Å². The molecule has 2 aliphatic heterocycles. The molecule has 0 spiro atoms. The lowest BCUT2D eigenvalue weighted by atomic mass is 10.0. The molecule has 10 heteroatoms. The smallest absolute Gasteiger partial charge is 0.387 e. The predicted molar refractivity (Wildman–Crippen MR) is 121 cm³/mol. The molecule has 2 amide bonds. The molecule has 2 aromatic carbocycles. The number of carbonyl (C=O) groups excluding carboxylic acids is 1. The molecule has 33 heavy (non-hydrogen) atoms. The maximum absolute atomic E-state index is 12.9. The van der Waals surface area contributed by atoms with Crippen LogP contribution in [0.2, 0.25) is 0 Å². The number of halogens is 2. The predicted octanol–water partition coefficient (Wildman–Crippen LogP) is 3.43. The molecule has 2 aliphatic rings. The van der Waals surface area contributed by atoms with Gasteiger partial charge in [-0.05, 0) is 49.1 Å². The SMILES string of the molecule is CS(=O)(=O)c1ccc2c(c1)CCN2C(=O)NC1CCN(Cc2ccccc2OC(F)F)CC1. The lowest BCUT2D eigenvalue weighted by Crippen LogP contribution is -2.48. The number of sulfone groups is 1. The van der Waals surface area contributed by atoms with Gasteiger partial charge in [0.25, 0.3) is 0 Å². The summed E-state index contributed by atoms with van der Waals surface area (Å²) in [5.74, 6) is 0.189. The molecule has 0 saturated carbocycles. The van der Waals surface area contributed by atoms with Crippen LogP contribution in [0.3, 0.4) is 0 Å². The maximum atomic E-state index is 12.9. The van der Waals surface area contributed by atoms with Crippen LogP contribution in [-0.4, -0.2) is 57.9 Å². The van der Waals surface area contributed by atoms with E-state index in [1.54, 1.807) is 41.3 Å². The van der Waals surface area contributed by atoms with Crippen molar-refractivity contribution in [2.24, 2.45) is 0 Å². The number of anilines is 1. The fourth-order valence-corrected chi connectivity index (χ4v) is 5.07. The number of para-hydroxylation sites is 1. The van der Waals surface area contributed by atoms with Gasteiger partial charge in [-0.2, -0.15) is 8.78 Å². The Bertz CT molecular complexity index is 1120. The summed E-state index contributed by atoms with van der Waals surface area (Å²) in [6.07, 6.45) is 3.28. The van der Waals surface area contributed by atoms with Crippen LogP contribution < -0.4 is 15.0 Å². The average Bonchev–Trinajstić information content (AvgIpc) is 3.19. The summed E-state index contributed by atoms with van der Waals surface area (Å²) in [7, 11) is -3.29. The summed E-state index contributed by atoms with van der Waals surface area (Å²) in [6.45, 7) is -0.398. The van der Waals surface area contributed by atoms with E-state index in [0.717, 1.165) is 37.2 Å². The summed E-state index contributed by atoms with van der Waals surface area (Å²) in [6, 6.07) is 11.5. The Morgan fingerprint density at radius 3 is 2.58 bits per heavy atom. The van der Waals surface area contributed by atoms with Gasteiger partial charge in [0, 0.05) is 49.7 Å². The van der Waals surface area contributed by atoms with E-state index in [2.05, 4.69) is 15.0 Å². The van der Waals surface area contributed by atoms with Gasteiger partial charge in [0.1, 0.15) is 5.75 Å².